The maximum atomic E-state index is 5.29. The van der Waals surface area contributed by atoms with Crippen LogP contribution in [-0.2, 0) is 4.74 Å². The summed E-state index contributed by atoms with van der Waals surface area (Å²) in [5, 5.41) is 3.81. The summed E-state index contributed by atoms with van der Waals surface area (Å²) in [5.74, 6) is 0. The molecule has 1 rings (SSSR count). The van der Waals surface area contributed by atoms with Crippen molar-refractivity contribution in [3.8, 4) is 0 Å². The fourth-order valence-corrected chi connectivity index (χ4v) is 2.96. The van der Waals surface area contributed by atoms with Crippen molar-refractivity contribution in [1.29, 1.82) is 0 Å². The van der Waals surface area contributed by atoms with E-state index in [-0.39, 0.29) is 0 Å². The van der Waals surface area contributed by atoms with Crippen LogP contribution >= 0.6 is 0 Å². The number of hydrogen-bond donors (Lipinski definition) is 1. The molecule has 0 atom stereocenters. The highest BCUT2D eigenvalue weighted by atomic mass is 16.5. The number of ether oxygens (including phenoxy) is 1. The predicted octanol–water partition coefficient (Wildman–Crippen LogP) is 5.06. The average molecular weight is 284 g/mol. The molecule has 0 radical (unpaired) electrons. The minimum absolute atomic E-state index is 0.645. The van der Waals surface area contributed by atoms with Crippen molar-refractivity contribution in [3.05, 3.63) is 0 Å². The number of unbranched alkanes of at least 4 members (excludes halogenated alkanes) is 8. The normalized spacial score (nSPS) is 15.8. The molecule has 2 heteroatoms. The summed E-state index contributed by atoms with van der Waals surface area (Å²) in [6.45, 7) is 6.44. The fourth-order valence-electron chi connectivity index (χ4n) is 2.96. The SMILES string of the molecule is CCCCCCCC(CCCCCCC)NC1COC1. The van der Waals surface area contributed by atoms with Crippen LogP contribution in [0.3, 0.4) is 0 Å². The summed E-state index contributed by atoms with van der Waals surface area (Å²) < 4.78 is 5.29. The van der Waals surface area contributed by atoms with E-state index in [9.17, 15) is 0 Å². The maximum absolute atomic E-state index is 5.29. The van der Waals surface area contributed by atoms with Crippen LogP contribution in [0, 0.1) is 0 Å². The summed E-state index contributed by atoms with van der Waals surface area (Å²) >= 11 is 0. The van der Waals surface area contributed by atoms with E-state index >= 15 is 0 Å². The summed E-state index contributed by atoms with van der Waals surface area (Å²) in [4.78, 5) is 0. The molecule has 0 aliphatic carbocycles. The first-order valence-corrected chi connectivity index (χ1v) is 9.20. The Labute approximate surface area is 127 Å². The van der Waals surface area contributed by atoms with E-state index in [1.807, 2.05) is 0 Å². The molecule has 0 amide bonds. The van der Waals surface area contributed by atoms with Crippen LogP contribution in [0.1, 0.15) is 90.9 Å². The molecule has 0 spiro atoms. The second kappa shape index (κ2) is 12.6. The van der Waals surface area contributed by atoms with Crippen LogP contribution in [0.25, 0.3) is 0 Å². The zero-order valence-corrected chi connectivity index (χ0v) is 14.0. The quantitative estimate of drug-likeness (QED) is 0.450. The first kappa shape index (κ1) is 18.0. The molecule has 2 nitrogen and oxygen atoms in total. The van der Waals surface area contributed by atoms with Gasteiger partial charge in [0.25, 0.3) is 0 Å². The monoisotopic (exact) mass is 283 g/mol. The van der Waals surface area contributed by atoms with Crippen LogP contribution in [0.2, 0.25) is 0 Å². The molecule has 1 heterocycles. The van der Waals surface area contributed by atoms with E-state index in [0.29, 0.717) is 6.04 Å². The van der Waals surface area contributed by atoms with Gasteiger partial charge in [-0.25, -0.2) is 0 Å². The zero-order chi connectivity index (χ0) is 14.5. The Bertz CT molecular complexity index is 190. The Morgan fingerprint density at radius 3 is 1.70 bits per heavy atom. The van der Waals surface area contributed by atoms with E-state index in [2.05, 4.69) is 19.2 Å². The Balaban J connectivity index is 2.07. The third-order valence-corrected chi connectivity index (χ3v) is 4.42. The first-order chi connectivity index (χ1) is 9.86. The molecule has 0 aromatic heterocycles. The Morgan fingerprint density at radius 2 is 1.30 bits per heavy atom. The van der Waals surface area contributed by atoms with Gasteiger partial charge in [0.15, 0.2) is 0 Å². The smallest absolute Gasteiger partial charge is 0.0643 e. The van der Waals surface area contributed by atoms with Gasteiger partial charge < -0.3 is 10.1 Å². The average Bonchev–Trinajstić information content (AvgIpc) is 2.41. The predicted molar refractivity (Wildman–Crippen MR) is 88.3 cm³/mol. The minimum Gasteiger partial charge on any atom is -0.378 e. The fraction of sp³-hybridized carbons (Fsp3) is 1.00. The van der Waals surface area contributed by atoms with E-state index < -0.39 is 0 Å². The molecule has 1 N–H and O–H groups in total. The molecule has 0 aromatic rings. The third kappa shape index (κ3) is 8.97. The topological polar surface area (TPSA) is 21.3 Å². The van der Waals surface area contributed by atoms with E-state index in [1.54, 1.807) is 0 Å². The lowest BCUT2D eigenvalue weighted by Crippen LogP contribution is -2.50. The lowest BCUT2D eigenvalue weighted by Gasteiger charge is -2.32. The highest BCUT2D eigenvalue weighted by Crippen LogP contribution is 2.15. The van der Waals surface area contributed by atoms with Crippen molar-refractivity contribution in [3.63, 3.8) is 0 Å². The zero-order valence-electron chi connectivity index (χ0n) is 14.0. The Hall–Kier alpha value is -0.0800. The second-order valence-electron chi connectivity index (χ2n) is 6.50. The van der Waals surface area contributed by atoms with E-state index in [1.165, 1.54) is 77.0 Å². The van der Waals surface area contributed by atoms with Crippen molar-refractivity contribution < 1.29 is 4.74 Å². The molecule has 120 valence electrons. The van der Waals surface area contributed by atoms with Gasteiger partial charge >= 0.3 is 0 Å². The molecule has 1 fully saturated rings. The summed E-state index contributed by atoms with van der Waals surface area (Å²) in [7, 11) is 0. The van der Waals surface area contributed by atoms with Crippen LogP contribution in [0.15, 0.2) is 0 Å². The minimum atomic E-state index is 0.645. The second-order valence-corrected chi connectivity index (χ2v) is 6.50. The van der Waals surface area contributed by atoms with Crippen molar-refractivity contribution in [2.75, 3.05) is 13.2 Å². The van der Waals surface area contributed by atoms with Gasteiger partial charge in [0.05, 0.1) is 19.3 Å². The molecular formula is C18H37NO. The standard InChI is InChI=1S/C18H37NO/c1-3-5-7-9-11-13-17(19-18-15-20-16-18)14-12-10-8-6-4-2/h17-19H,3-16H2,1-2H3. The van der Waals surface area contributed by atoms with Crippen LogP contribution in [0.5, 0.6) is 0 Å². The molecule has 0 unspecified atom stereocenters. The van der Waals surface area contributed by atoms with Gasteiger partial charge in [-0.05, 0) is 12.8 Å². The van der Waals surface area contributed by atoms with Crippen LogP contribution in [-0.4, -0.2) is 25.3 Å². The Morgan fingerprint density at radius 1 is 0.800 bits per heavy atom. The lowest BCUT2D eigenvalue weighted by molar-refractivity contribution is -0.0111. The maximum Gasteiger partial charge on any atom is 0.0643 e. The summed E-state index contributed by atoms with van der Waals surface area (Å²) in [5.41, 5.74) is 0. The molecule has 0 bridgehead atoms. The van der Waals surface area contributed by atoms with Crippen molar-refractivity contribution >= 4 is 0 Å². The molecular weight excluding hydrogens is 246 g/mol. The van der Waals surface area contributed by atoms with Crippen LogP contribution in [0.4, 0.5) is 0 Å². The first-order valence-electron chi connectivity index (χ1n) is 9.20. The lowest BCUT2D eigenvalue weighted by atomic mass is 9.99. The number of rotatable bonds is 14. The van der Waals surface area contributed by atoms with E-state index in [4.69, 9.17) is 4.74 Å². The molecule has 20 heavy (non-hydrogen) atoms. The van der Waals surface area contributed by atoms with Crippen molar-refractivity contribution in [2.24, 2.45) is 0 Å². The van der Waals surface area contributed by atoms with Gasteiger partial charge in [-0.15, -0.1) is 0 Å². The molecule has 0 aromatic carbocycles. The van der Waals surface area contributed by atoms with Gasteiger partial charge in [0.2, 0.25) is 0 Å². The van der Waals surface area contributed by atoms with Crippen molar-refractivity contribution in [1.82, 2.24) is 5.32 Å². The van der Waals surface area contributed by atoms with Gasteiger partial charge in [-0.2, -0.15) is 0 Å². The molecule has 1 aliphatic rings. The third-order valence-electron chi connectivity index (χ3n) is 4.42. The molecule has 1 aliphatic heterocycles. The van der Waals surface area contributed by atoms with Crippen LogP contribution < -0.4 is 5.32 Å². The molecule has 1 saturated heterocycles. The highest BCUT2D eigenvalue weighted by molar-refractivity contribution is 4.79. The summed E-state index contributed by atoms with van der Waals surface area (Å²) in [6, 6.07) is 1.39. The number of nitrogens with one attached hydrogen (secondary N) is 1. The highest BCUT2D eigenvalue weighted by Gasteiger charge is 2.21. The van der Waals surface area contributed by atoms with Gasteiger partial charge in [-0.1, -0.05) is 78.1 Å². The largest absolute Gasteiger partial charge is 0.378 e. The molecule has 0 saturated carbocycles. The van der Waals surface area contributed by atoms with Crippen molar-refractivity contribution in [2.45, 2.75) is 103 Å². The van der Waals surface area contributed by atoms with Gasteiger partial charge in [0.1, 0.15) is 0 Å². The number of hydrogen-bond acceptors (Lipinski definition) is 2. The van der Waals surface area contributed by atoms with E-state index in [0.717, 1.165) is 19.3 Å². The van der Waals surface area contributed by atoms with Gasteiger partial charge in [-0.3, -0.25) is 0 Å². The van der Waals surface area contributed by atoms with Gasteiger partial charge in [0, 0.05) is 6.04 Å². The Kier molecular flexibility index (Phi) is 11.4. The summed E-state index contributed by atoms with van der Waals surface area (Å²) in [6.07, 6.45) is 16.7.